The third-order valence-corrected chi connectivity index (χ3v) is 3.90. The van der Waals surface area contributed by atoms with Gasteiger partial charge in [0.05, 0.1) is 24.6 Å². The van der Waals surface area contributed by atoms with Gasteiger partial charge in [0.25, 0.3) is 5.91 Å². The second kappa shape index (κ2) is 7.83. The largest absolute Gasteiger partial charge is 0.351 e. The van der Waals surface area contributed by atoms with Gasteiger partial charge in [-0.05, 0) is 12.5 Å². The van der Waals surface area contributed by atoms with E-state index >= 15 is 0 Å². The van der Waals surface area contributed by atoms with Gasteiger partial charge in [-0.1, -0.05) is 19.8 Å². The molecule has 0 fully saturated rings. The second-order valence-electron chi connectivity index (χ2n) is 5.87. The predicted molar refractivity (Wildman–Crippen MR) is 94.9 cm³/mol. The summed E-state index contributed by atoms with van der Waals surface area (Å²) in [7, 11) is 0. The Hall–Kier alpha value is -2.83. The summed E-state index contributed by atoms with van der Waals surface area (Å²) in [6, 6.07) is 3.12. The van der Waals surface area contributed by atoms with E-state index in [4.69, 9.17) is 0 Å². The van der Waals surface area contributed by atoms with Crippen LogP contribution in [0.4, 0.5) is 15.9 Å². The number of nitrogens with one attached hydrogen (secondary N) is 2. The maximum atomic E-state index is 13.3. The van der Waals surface area contributed by atoms with Crippen LogP contribution in [0.5, 0.6) is 0 Å². The van der Waals surface area contributed by atoms with Crippen molar-refractivity contribution in [2.24, 2.45) is 4.99 Å². The molecule has 0 bridgehead atoms. The monoisotopic (exact) mass is 341 g/mol. The molecule has 3 rings (SSSR count). The first-order valence-corrected chi connectivity index (χ1v) is 8.37. The molecular formula is C18H20FN5O. The third-order valence-electron chi connectivity index (χ3n) is 3.90. The van der Waals surface area contributed by atoms with Gasteiger partial charge in [-0.3, -0.25) is 14.8 Å². The number of unbranched alkanes of at least 4 members (excludes halogenated alkanes) is 2. The molecule has 0 saturated carbocycles. The number of aromatic nitrogens is 2. The van der Waals surface area contributed by atoms with Crippen molar-refractivity contribution in [2.75, 3.05) is 11.9 Å². The van der Waals surface area contributed by atoms with Gasteiger partial charge >= 0.3 is 0 Å². The average molecular weight is 341 g/mol. The Kier molecular flexibility index (Phi) is 5.33. The molecule has 0 saturated heterocycles. The number of carbonyl (C=O) groups excluding carboxylic acids is 1. The molecule has 1 amide bonds. The summed E-state index contributed by atoms with van der Waals surface area (Å²) in [4.78, 5) is 24.9. The number of carbonyl (C=O) groups is 1. The fraction of sp³-hybridized carbons (Fsp3) is 0.333. The van der Waals surface area contributed by atoms with Crippen LogP contribution < -0.4 is 10.6 Å². The van der Waals surface area contributed by atoms with Gasteiger partial charge in [-0.15, -0.1) is 0 Å². The van der Waals surface area contributed by atoms with E-state index in [9.17, 15) is 9.18 Å². The Labute approximate surface area is 145 Å². The molecule has 6 nitrogen and oxygen atoms in total. The number of hydrogen-bond acceptors (Lipinski definition) is 5. The lowest BCUT2D eigenvalue weighted by molar-refractivity contribution is 0.0947. The Morgan fingerprint density at radius 1 is 1.28 bits per heavy atom. The summed E-state index contributed by atoms with van der Waals surface area (Å²) in [5, 5.41) is 5.90. The van der Waals surface area contributed by atoms with Crippen molar-refractivity contribution in [3.05, 3.63) is 47.2 Å². The van der Waals surface area contributed by atoms with Crippen LogP contribution in [0.1, 0.15) is 47.8 Å². The van der Waals surface area contributed by atoms with Crippen molar-refractivity contribution < 1.29 is 9.18 Å². The number of rotatable bonds is 7. The van der Waals surface area contributed by atoms with Gasteiger partial charge in [-0.2, -0.15) is 0 Å². The number of aliphatic imine (C=N–C) groups is 1. The number of amides is 1. The molecule has 130 valence electrons. The fourth-order valence-electron chi connectivity index (χ4n) is 2.65. The molecule has 0 aromatic carbocycles. The van der Waals surface area contributed by atoms with E-state index in [0.717, 1.165) is 36.6 Å². The first kappa shape index (κ1) is 17.0. The number of anilines is 2. The minimum atomic E-state index is -0.443. The molecule has 1 aliphatic rings. The van der Waals surface area contributed by atoms with Crippen LogP contribution in [0.3, 0.4) is 0 Å². The average Bonchev–Trinajstić information content (AvgIpc) is 3.06. The van der Waals surface area contributed by atoms with E-state index in [2.05, 4.69) is 32.5 Å². The Morgan fingerprint density at radius 2 is 2.16 bits per heavy atom. The SMILES string of the molecule is CCCCCNC(=O)c1nc(Nc2cncc(F)c2)cc2c1CN=C2. The van der Waals surface area contributed by atoms with Crippen molar-refractivity contribution in [2.45, 2.75) is 32.7 Å². The molecule has 7 heteroatoms. The van der Waals surface area contributed by atoms with Crippen molar-refractivity contribution in [1.29, 1.82) is 0 Å². The molecule has 2 aromatic rings. The highest BCUT2D eigenvalue weighted by Crippen LogP contribution is 2.23. The quantitative estimate of drug-likeness (QED) is 0.758. The number of nitrogens with zero attached hydrogens (tertiary/aromatic N) is 3. The summed E-state index contributed by atoms with van der Waals surface area (Å²) in [5.41, 5.74) is 2.49. The van der Waals surface area contributed by atoms with Gasteiger partial charge in [-0.25, -0.2) is 9.37 Å². The number of fused-ring (bicyclic) bond motifs is 1. The molecule has 0 spiro atoms. The molecule has 1 aliphatic heterocycles. The molecule has 0 unspecified atom stereocenters. The summed E-state index contributed by atoms with van der Waals surface area (Å²) < 4.78 is 13.3. The summed E-state index contributed by atoms with van der Waals surface area (Å²) in [5.74, 6) is -0.196. The summed E-state index contributed by atoms with van der Waals surface area (Å²) in [6.45, 7) is 3.18. The van der Waals surface area contributed by atoms with Gasteiger partial charge in [0, 0.05) is 30.0 Å². The van der Waals surface area contributed by atoms with Crippen molar-refractivity contribution in [1.82, 2.24) is 15.3 Å². The molecule has 0 aliphatic carbocycles. The molecule has 3 heterocycles. The number of pyridine rings is 2. The van der Waals surface area contributed by atoms with Crippen LogP contribution in [0.2, 0.25) is 0 Å². The molecule has 2 N–H and O–H groups in total. The highest BCUT2D eigenvalue weighted by Gasteiger charge is 2.20. The number of hydrogen-bond donors (Lipinski definition) is 2. The second-order valence-corrected chi connectivity index (χ2v) is 5.87. The Balaban J connectivity index is 1.81. The zero-order chi connectivity index (χ0) is 17.6. The smallest absolute Gasteiger partial charge is 0.270 e. The topological polar surface area (TPSA) is 79.3 Å². The zero-order valence-corrected chi connectivity index (χ0v) is 14.1. The van der Waals surface area contributed by atoms with Crippen molar-refractivity contribution in [3.8, 4) is 0 Å². The maximum Gasteiger partial charge on any atom is 0.270 e. The van der Waals surface area contributed by atoms with Gasteiger partial charge in [0.1, 0.15) is 17.3 Å². The van der Waals surface area contributed by atoms with Crippen LogP contribution >= 0.6 is 0 Å². The molecule has 0 radical (unpaired) electrons. The van der Waals surface area contributed by atoms with Crippen molar-refractivity contribution in [3.63, 3.8) is 0 Å². The van der Waals surface area contributed by atoms with E-state index < -0.39 is 5.82 Å². The number of halogens is 1. The summed E-state index contributed by atoms with van der Waals surface area (Å²) in [6.07, 6.45) is 7.45. The van der Waals surface area contributed by atoms with Gasteiger partial charge in [0.2, 0.25) is 0 Å². The maximum absolute atomic E-state index is 13.3. The van der Waals surface area contributed by atoms with Gasteiger partial charge < -0.3 is 10.6 Å². The van der Waals surface area contributed by atoms with E-state index in [1.165, 1.54) is 12.3 Å². The van der Waals surface area contributed by atoms with E-state index in [0.29, 0.717) is 30.3 Å². The highest BCUT2D eigenvalue weighted by molar-refractivity contribution is 5.98. The first-order chi connectivity index (χ1) is 12.2. The standard InChI is InChI=1S/C18H20FN5O/c1-2-3-4-5-22-18(25)17-15-11-20-8-12(15)6-16(24-17)23-14-7-13(19)9-21-10-14/h6-10H,2-5,11H2,1H3,(H,22,25)(H,23,24). The van der Waals surface area contributed by atoms with Crippen LogP contribution in [0.25, 0.3) is 0 Å². The Morgan fingerprint density at radius 3 is 2.96 bits per heavy atom. The molecule has 2 aromatic heterocycles. The van der Waals surface area contributed by atoms with Gasteiger partial charge in [0.15, 0.2) is 0 Å². The molecule has 0 atom stereocenters. The van der Waals surface area contributed by atoms with Crippen LogP contribution in [-0.2, 0) is 6.54 Å². The lowest BCUT2D eigenvalue weighted by atomic mass is 10.1. The first-order valence-electron chi connectivity index (χ1n) is 8.37. The third kappa shape index (κ3) is 4.17. The fourth-order valence-corrected chi connectivity index (χ4v) is 2.65. The van der Waals surface area contributed by atoms with Crippen LogP contribution in [0, 0.1) is 5.82 Å². The lowest BCUT2D eigenvalue weighted by Gasteiger charge is -2.12. The van der Waals surface area contributed by atoms with Crippen LogP contribution in [0.15, 0.2) is 29.5 Å². The molecular weight excluding hydrogens is 321 g/mol. The van der Waals surface area contributed by atoms with Crippen molar-refractivity contribution >= 4 is 23.6 Å². The lowest BCUT2D eigenvalue weighted by Crippen LogP contribution is -2.27. The zero-order valence-electron chi connectivity index (χ0n) is 14.1. The summed E-state index contributed by atoms with van der Waals surface area (Å²) >= 11 is 0. The van der Waals surface area contributed by atoms with E-state index in [1.54, 1.807) is 12.3 Å². The van der Waals surface area contributed by atoms with Crippen LogP contribution in [-0.4, -0.2) is 28.6 Å². The minimum absolute atomic E-state index is 0.209. The molecule has 25 heavy (non-hydrogen) atoms. The van der Waals surface area contributed by atoms with E-state index in [1.807, 2.05) is 0 Å². The normalized spacial score (nSPS) is 12.1. The van der Waals surface area contributed by atoms with E-state index in [-0.39, 0.29) is 5.91 Å². The minimum Gasteiger partial charge on any atom is -0.351 e. The highest BCUT2D eigenvalue weighted by atomic mass is 19.1. The predicted octanol–water partition coefficient (Wildman–Crippen LogP) is 3.21. The Bertz CT molecular complexity index is 806.